The Morgan fingerprint density at radius 1 is 1.00 bits per heavy atom. The third-order valence-electron chi connectivity index (χ3n) is 4.22. The van der Waals surface area contributed by atoms with Gasteiger partial charge in [-0.05, 0) is 35.6 Å². The topological polar surface area (TPSA) is 39.4 Å². The Hall–Kier alpha value is -2.55. The highest BCUT2D eigenvalue weighted by Crippen LogP contribution is 2.32. The van der Waals surface area contributed by atoms with Gasteiger partial charge in [0.15, 0.2) is 5.76 Å². The molecule has 0 bridgehead atoms. The molecule has 1 aromatic heterocycles. The molecule has 0 radical (unpaired) electrons. The SMILES string of the molecule is COc1c(-c2ccc(C(C)(C)C)cc2)oc2cc(C)ccc2c1=O. The third kappa shape index (κ3) is 2.82. The molecule has 0 spiro atoms. The Balaban J connectivity index is 2.23. The monoisotopic (exact) mass is 322 g/mol. The maximum absolute atomic E-state index is 12.7. The zero-order valence-electron chi connectivity index (χ0n) is 14.8. The van der Waals surface area contributed by atoms with Gasteiger partial charge < -0.3 is 9.15 Å². The molecule has 2 aromatic carbocycles. The fourth-order valence-electron chi connectivity index (χ4n) is 2.78. The zero-order valence-corrected chi connectivity index (χ0v) is 14.8. The first-order valence-electron chi connectivity index (χ1n) is 8.03. The van der Waals surface area contributed by atoms with E-state index in [4.69, 9.17) is 9.15 Å². The first-order valence-corrected chi connectivity index (χ1v) is 8.03. The lowest BCUT2D eigenvalue weighted by Crippen LogP contribution is -2.11. The number of rotatable bonds is 2. The van der Waals surface area contributed by atoms with Crippen molar-refractivity contribution in [1.82, 2.24) is 0 Å². The van der Waals surface area contributed by atoms with Gasteiger partial charge >= 0.3 is 0 Å². The van der Waals surface area contributed by atoms with Crippen LogP contribution in [0.5, 0.6) is 5.75 Å². The molecule has 0 saturated carbocycles. The normalized spacial score (nSPS) is 11.7. The molecule has 124 valence electrons. The van der Waals surface area contributed by atoms with Crippen LogP contribution in [0.25, 0.3) is 22.3 Å². The number of methoxy groups -OCH3 is 1. The summed E-state index contributed by atoms with van der Waals surface area (Å²) < 4.78 is 11.4. The highest BCUT2D eigenvalue weighted by molar-refractivity contribution is 5.82. The van der Waals surface area contributed by atoms with E-state index in [1.807, 2.05) is 31.2 Å². The van der Waals surface area contributed by atoms with Crippen molar-refractivity contribution in [3.63, 3.8) is 0 Å². The molecule has 3 rings (SSSR count). The highest BCUT2D eigenvalue weighted by atomic mass is 16.5. The number of benzene rings is 2. The molecule has 1 heterocycles. The van der Waals surface area contributed by atoms with Crippen LogP contribution in [0.2, 0.25) is 0 Å². The first-order chi connectivity index (χ1) is 11.3. The van der Waals surface area contributed by atoms with Crippen LogP contribution in [-0.4, -0.2) is 7.11 Å². The standard InChI is InChI=1S/C21H22O3/c1-13-6-11-16-17(12-13)24-19(20(23-5)18(16)22)14-7-9-15(10-8-14)21(2,3)4/h6-12H,1-5H3. The Morgan fingerprint density at radius 3 is 2.25 bits per heavy atom. The van der Waals surface area contributed by atoms with Crippen LogP contribution in [0.3, 0.4) is 0 Å². The van der Waals surface area contributed by atoms with Crippen LogP contribution in [0.1, 0.15) is 31.9 Å². The molecule has 0 atom stereocenters. The van der Waals surface area contributed by atoms with Crippen LogP contribution in [-0.2, 0) is 5.41 Å². The molecule has 0 saturated heterocycles. The first kappa shape index (κ1) is 16.3. The number of hydrogen-bond donors (Lipinski definition) is 0. The van der Waals surface area contributed by atoms with E-state index >= 15 is 0 Å². The number of hydrogen-bond acceptors (Lipinski definition) is 3. The summed E-state index contributed by atoms with van der Waals surface area (Å²) in [7, 11) is 1.50. The van der Waals surface area contributed by atoms with Crippen LogP contribution < -0.4 is 10.2 Å². The largest absolute Gasteiger partial charge is 0.490 e. The molecular formula is C21H22O3. The van der Waals surface area contributed by atoms with E-state index in [2.05, 4.69) is 32.9 Å². The van der Waals surface area contributed by atoms with E-state index in [0.717, 1.165) is 11.1 Å². The second kappa shape index (κ2) is 5.82. The van der Waals surface area contributed by atoms with Crippen molar-refractivity contribution in [1.29, 1.82) is 0 Å². The Morgan fingerprint density at radius 2 is 1.67 bits per heavy atom. The van der Waals surface area contributed by atoms with E-state index in [9.17, 15) is 4.79 Å². The molecule has 0 aliphatic rings. The number of aryl methyl sites for hydroxylation is 1. The van der Waals surface area contributed by atoms with E-state index in [0.29, 0.717) is 16.7 Å². The summed E-state index contributed by atoms with van der Waals surface area (Å²) in [6.45, 7) is 8.48. The summed E-state index contributed by atoms with van der Waals surface area (Å²) in [6, 6.07) is 13.6. The molecule has 0 amide bonds. The molecule has 0 aliphatic carbocycles. The predicted molar refractivity (Wildman–Crippen MR) is 97.9 cm³/mol. The minimum Gasteiger partial charge on any atom is -0.490 e. The van der Waals surface area contributed by atoms with Gasteiger partial charge in [0.25, 0.3) is 0 Å². The van der Waals surface area contributed by atoms with Crippen molar-refractivity contribution < 1.29 is 9.15 Å². The Kier molecular flexibility index (Phi) is 3.96. The predicted octanol–water partition coefficient (Wildman–Crippen LogP) is 5.07. The second-order valence-electron chi connectivity index (χ2n) is 7.12. The van der Waals surface area contributed by atoms with E-state index in [1.54, 1.807) is 6.07 Å². The average Bonchev–Trinajstić information content (AvgIpc) is 2.53. The lowest BCUT2D eigenvalue weighted by Gasteiger charge is -2.19. The molecule has 0 N–H and O–H groups in total. The van der Waals surface area contributed by atoms with Crippen molar-refractivity contribution >= 4 is 11.0 Å². The summed E-state index contributed by atoms with van der Waals surface area (Å²) in [4.78, 5) is 12.7. The van der Waals surface area contributed by atoms with Gasteiger partial charge in [0, 0.05) is 5.56 Å². The van der Waals surface area contributed by atoms with Crippen molar-refractivity contribution in [3.05, 3.63) is 63.8 Å². The van der Waals surface area contributed by atoms with Crippen LogP contribution >= 0.6 is 0 Å². The lowest BCUT2D eigenvalue weighted by molar-refractivity contribution is 0.398. The zero-order chi connectivity index (χ0) is 17.5. The quantitative estimate of drug-likeness (QED) is 0.661. The number of ether oxygens (including phenoxy) is 1. The van der Waals surface area contributed by atoms with Crippen molar-refractivity contribution in [2.45, 2.75) is 33.1 Å². The van der Waals surface area contributed by atoms with Gasteiger partial charge in [-0.2, -0.15) is 0 Å². The maximum atomic E-state index is 12.7. The second-order valence-corrected chi connectivity index (χ2v) is 7.12. The number of fused-ring (bicyclic) bond motifs is 1. The Labute approximate surface area is 141 Å². The summed E-state index contributed by atoms with van der Waals surface area (Å²) >= 11 is 0. The van der Waals surface area contributed by atoms with E-state index in [1.165, 1.54) is 12.7 Å². The van der Waals surface area contributed by atoms with Gasteiger partial charge in [-0.25, -0.2) is 0 Å². The summed E-state index contributed by atoms with van der Waals surface area (Å²) in [5.74, 6) is 0.718. The van der Waals surface area contributed by atoms with Crippen molar-refractivity contribution in [2.75, 3.05) is 7.11 Å². The van der Waals surface area contributed by atoms with Gasteiger partial charge in [0.1, 0.15) is 5.58 Å². The molecular weight excluding hydrogens is 300 g/mol. The third-order valence-corrected chi connectivity index (χ3v) is 4.22. The molecule has 3 heteroatoms. The molecule has 24 heavy (non-hydrogen) atoms. The molecule has 0 unspecified atom stereocenters. The van der Waals surface area contributed by atoms with Gasteiger partial charge in [0.05, 0.1) is 12.5 Å². The van der Waals surface area contributed by atoms with E-state index in [-0.39, 0.29) is 16.6 Å². The van der Waals surface area contributed by atoms with Gasteiger partial charge in [-0.1, -0.05) is 51.1 Å². The fourth-order valence-corrected chi connectivity index (χ4v) is 2.78. The lowest BCUT2D eigenvalue weighted by atomic mass is 9.86. The van der Waals surface area contributed by atoms with Crippen LogP contribution in [0, 0.1) is 6.92 Å². The van der Waals surface area contributed by atoms with Crippen molar-refractivity contribution in [2.24, 2.45) is 0 Å². The fraction of sp³-hybridized carbons (Fsp3) is 0.286. The highest BCUT2D eigenvalue weighted by Gasteiger charge is 2.18. The summed E-state index contributed by atoms with van der Waals surface area (Å²) in [6.07, 6.45) is 0. The smallest absolute Gasteiger partial charge is 0.235 e. The summed E-state index contributed by atoms with van der Waals surface area (Å²) in [5, 5.41) is 0.535. The Bertz CT molecular complexity index is 942. The molecule has 3 nitrogen and oxygen atoms in total. The minimum atomic E-state index is -0.145. The summed E-state index contributed by atoms with van der Waals surface area (Å²) in [5.41, 5.74) is 3.61. The molecule has 0 fully saturated rings. The van der Waals surface area contributed by atoms with Gasteiger partial charge in [0.2, 0.25) is 11.2 Å². The van der Waals surface area contributed by atoms with Gasteiger partial charge in [-0.3, -0.25) is 4.79 Å². The van der Waals surface area contributed by atoms with Gasteiger partial charge in [-0.15, -0.1) is 0 Å². The van der Waals surface area contributed by atoms with Crippen LogP contribution in [0.15, 0.2) is 51.7 Å². The van der Waals surface area contributed by atoms with E-state index < -0.39 is 0 Å². The maximum Gasteiger partial charge on any atom is 0.235 e. The average molecular weight is 322 g/mol. The molecule has 3 aromatic rings. The van der Waals surface area contributed by atoms with Crippen molar-refractivity contribution in [3.8, 4) is 17.1 Å². The molecule has 0 aliphatic heterocycles. The minimum absolute atomic E-state index is 0.0734. The van der Waals surface area contributed by atoms with Crippen LogP contribution in [0.4, 0.5) is 0 Å².